The average molecular weight is 398 g/mol. The van der Waals surface area contributed by atoms with E-state index in [1.165, 1.54) is 18.7 Å². The van der Waals surface area contributed by atoms with Crippen LogP contribution in [-0.4, -0.2) is 45.5 Å². The van der Waals surface area contributed by atoms with Crippen LogP contribution in [0.4, 0.5) is 10.5 Å². The smallest absolute Gasteiger partial charge is 0.329 e. The number of carboxylic acids is 1. The number of aliphatic carboxylic acids is 1. The van der Waals surface area contributed by atoms with E-state index in [4.69, 9.17) is 0 Å². The molecule has 24 heavy (non-hydrogen) atoms. The fourth-order valence-corrected chi connectivity index (χ4v) is 3.11. The molecule has 0 bridgehead atoms. The first-order chi connectivity index (χ1) is 11.1. The van der Waals surface area contributed by atoms with Crippen molar-refractivity contribution in [1.82, 2.24) is 10.2 Å². The molecule has 7 nitrogen and oxygen atoms in total. The number of carboxylic acid groups (broad SMARTS) is 1. The molecule has 1 aromatic carbocycles. The lowest BCUT2D eigenvalue weighted by Crippen LogP contribution is -2.55. The molecule has 1 unspecified atom stereocenters. The molecule has 1 aliphatic rings. The van der Waals surface area contributed by atoms with Gasteiger partial charge >= 0.3 is 12.0 Å². The monoisotopic (exact) mass is 397 g/mol. The lowest BCUT2D eigenvalue weighted by Gasteiger charge is -2.35. The Morgan fingerprint density at radius 2 is 1.88 bits per heavy atom. The lowest BCUT2D eigenvalue weighted by molar-refractivity contribution is -0.156. The number of hydrogen-bond donors (Lipinski definition) is 3. The van der Waals surface area contributed by atoms with E-state index < -0.39 is 23.6 Å². The van der Waals surface area contributed by atoms with E-state index in [0.29, 0.717) is 12.1 Å². The number of benzene rings is 1. The molecule has 2 atom stereocenters. The molecule has 0 aromatic heterocycles. The Balaban J connectivity index is 2.03. The quantitative estimate of drug-likeness (QED) is 0.726. The Hall–Kier alpha value is -2.09. The minimum atomic E-state index is -1.32. The van der Waals surface area contributed by atoms with Crippen molar-refractivity contribution >= 4 is 39.5 Å². The van der Waals surface area contributed by atoms with Crippen LogP contribution in [0.1, 0.15) is 27.2 Å². The number of carbonyl (C=O) groups excluding carboxylic acids is 2. The molecule has 1 saturated heterocycles. The van der Waals surface area contributed by atoms with Gasteiger partial charge in [0.1, 0.15) is 11.6 Å². The zero-order valence-electron chi connectivity index (χ0n) is 13.7. The summed E-state index contributed by atoms with van der Waals surface area (Å²) in [4.78, 5) is 37.3. The van der Waals surface area contributed by atoms with E-state index in [0.717, 1.165) is 4.47 Å². The molecular weight excluding hydrogens is 378 g/mol. The third kappa shape index (κ3) is 3.69. The Labute approximate surface area is 148 Å². The summed E-state index contributed by atoms with van der Waals surface area (Å²) in [5.41, 5.74) is -0.730. The predicted molar refractivity (Wildman–Crippen MR) is 92.7 cm³/mol. The highest BCUT2D eigenvalue weighted by Crippen LogP contribution is 2.28. The molecule has 8 heteroatoms. The predicted octanol–water partition coefficient (Wildman–Crippen LogP) is 2.42. The standard InChI is InChI=1S/C16H20BrN3O4/c1-9-8-12(13(21)20(9)16(2,3)14(22)23)19-15(24)18-11-6-4-10(17)5-7-11/h4-7,9,12H,8H2,1-3H3,(H,22,23)(H2,18,19,24)/t9?,12-/m0/s1. The van der Waals surface area contributed by atoms with Crippen LogP contribution in [0.5, 0.6) is 0 Å². The molecule has 0 saturated carbocycles. The van der Waals surface area contributed by atoms with E-state index in [1.54, 1.807) is 31.2 Å². The van der Waals surface area contributed by atoms with E-state index in [2.05, 4.69) is 26.6 Å². The van der Waals surface area contributed by atoms with E-state index >= 15 is 0 Å². The third-order valence-corrected chi connectivity index (χ3v) is 4.61. The number of carbonyl (C=O) groups is 3. The number of amides is 3. The number of nitrogens with one attached hydrogen (secondary N) is 2. The van der Waals surface area contributed by atoms with Gasteiger partial charge in [0.15, 0.2) is 0 Å². The fraction of sp³-hybridized carbons (Fsp3) is 0.438. The summed E-state index contributed by atoms with van der Waals surface area (Å²) in [5.74, 6) is -1.47. The van der Waals surface area contributed by atoms with Gasteiger partial charge in [0.05, 0.1) is 0 Å². The molecule has 0 spiro atoms. The second kappa shape index (κ2) is 6.80. The van der Waals surface area contributed by atoms with Crippen LogP contribution < -0.4 is 10.6 Å². The largest absolute Gasteiger partial charge is 0.480 e. The summed E-state index contributed by atoms with van der Waals surface area (Å²) < 4.78 is 0.889. The molecule has 130 valence electrons. The molecule has 1 aromatic rings. The maximum atomic E-state index is 12.5. The summed E-state index contributed by atoms with van der Waals surface area (Å²) in [7, 11) is 0. The fourth-order valence-electron chi connectivity index (χ4n) is 2.84. The number of rotatable bonds is 4. The van der Waals surface area contributed by atoms with Gasteiger partial charge in [-0.3, -0.25) is 4.79 Å². The number of halogens is 1. The minimum absolute atomic E-state index is 0.276. The van der Waals surface area contributed by atoms with Crippen molar-refractivity contribution < 1.29 is 19.5 Å². The van der Waals surface area contributed by atoms with Gasteiger partial charge in [0.25, 0.3) is 0 Å². The molecule has 3 N–H and O–H groups in total. The summed E-state index contributed by atoms with van der Waals surface area (Å²) in [6.45, 7) is 4.74. The molecule has 1 heterocycles. The summed E-state index contributed by atoms with van der Waals surface area (Å²) in [6.07, 6.45) is 0.364. The molecule has 1 aliphatic heterocycles. The van der Waals surface area contributed by atoms with Gasteiger partial charge in [-0.1, -0.05) is 15.9 Å². The Morgan fingerprint density at radius 1 is 1.29 bits per heavy atom. The van der Waals surface area contributed by atoms with Crippen LogP contribution in [0, 0.1) is 0 Å². The number of urea groups is 1. The van der Waals surface area contributed by atoms with Crippen molar-refractivity contribution in [3.05, 3.63) is 28.7 Å². The molecular formula is C16H20BrN3O4. The van der Waals surface area contributed by atoms with Crippen LogP contribution in [-0.2, 0) is 9.59 Å². The summed E-state index contributed by atoms with van der Waals surface area (Å²) >= 11 is 3.31. The SMILES string of the molecule is CC1C[C@H](NC(=O)Nc2ccc(Br)cc2)C(=O)N1C(C)(C)C(=O)O. The van der Waals surface area contributed by atoms with Gasteiger partial charge in [-0.25, -0.2) is 9.59 Å². The molecule has 1 fully saturated rings. The second-order valence-electron chi connectivity index (χ2n) is 6.32. The molecule has 2 rings (SSSR count). The molecule has 3 amide bonds. The number of anilines is 1. The maximum absolute atomic E-state index is 12.5. The highest BCUT2D eigenvalue weighted by atomic mass is 79.9. The van der Waals surface area contributed by atoms with Gasteiger partial charge in [0.2, 0.25) is 5.91 Å². The van der Waals surface area contributed by atoms with Crippen molar-refractivity contribution in [1.29, 1.82) is 0 Å². The van der Waals surface area contributed by atoms with Crippen molar-refractivity contribution in [2.45, 2.75) is 44.8 Å². The van der Waals surface area contributed by atoms with Crippen molar-refractivity contribution in [3.8, 4) is 0 Å². The molecule has 0 aliphatic carbocycles. The second-order valence-corrected chi connectivity index (χ2v) is 7.23. The Kier molecular flexibility index (Phi) is 5.17. The van der Waals surface area contributed by atoms with Gasteiger partial charge in [-0.15, -0.1) is 0 Å². The van der Waals surface area contributed by atoms with Crippen molar-refractivity contribution in [2.75, 3.05) is 5.32 Å². The van der Waals surface area contributed by atoms with Crippen LogP contribution in [0.3, 0.4) is 0 Å². The number of hydrogen-bond acceptors (Lipinski definition) is 3. The van der Waals surface area contributed by atoms with Gasteiger partial charge in [-0.05, 0) is 51.5 Å². The van der Waals surface area contributed by atoms with Gasteiger partial charge in [-0.2, -0.15) is 0 Å². The van der Waals surface area contributed by atoms with Gasteiger partial charge in [0, 0.05) is 16.2 Å². The van der Waals surface area contributed by atoms with E-state index in [9.17, 15) is 19.5 Å². The Bertz CT molecular complexity index is 660. The highest BCUT2D eigenvalue weighted by molar-refractivity contribution is 9.10. The number of likely N-dealkylation sites (tertiary alicyclic amines) is 1. The first kappa shape index (κ1) is 18.3. The topological polar surface area (TPSA) is 98.7 Å². The number of nitrogens with zero attached hydrogens (tertiary/aromatic N) is 1. The van der Waals surface area contributed by atoms with E-state index in [1.807, 2.05) is 0 Å². The highest BCUT2D eigenvalue weighted by Gasteiger charge is 2.48. The first-order valence-electron chi connectivity index (χ1n) is 7.52. The zero-order valence-corrected chi connectivity index (χ0v) is 15.3. The van der Waals surface area contributed by atoms with Crippen molar-refractivity contribution in [3.63, 3.8) is 0 Å². The lowest BCUT2D eigenvalue weighted by atomic mass is 10.0. The first-order valence-corrected chi connectivity index (χ1v) is 8.32. The third-order valence-electron chi connectivity index (χ3n) is 4.09. The molecule has 0 radical (unpaired) electrons. The summed E-state index contributed by atoms with van der Waals surface area (Å²) in [6, 6.07) is 5.50. The van der Waals surface area contributed by atoms with Crippen LogP contribution in [0.15, 0.2) is 28.7 Å². The minimum Gasteiger partial charge on any atom is -0.480 e. The average Bonchev–Trinajstić information content (AvgIpc) is 2.76. The van der Waals surface area contributed by atoms with Crippen molar-refractivity contribution in [2.24, 2.45) is 0 Å². The summed E-state index contributed by atoms with van der Waals surface area (Å²) in [5, 5.41) is 14.6. The Morgan fingerprint density at radius 3 is 2.42 bits per heavy atom. The van der Waals surface area contributed by atoms with Crippen LogP contribution >= 0.6 is 15.9 Å². The van der Waals surface area contributed by atoms with E-state index in [-0.39, 0.29) is 11.9 Å². The van der Waals surface area contributed by atoms with Gasteiger partial charge < -0.3 is 20.6 Å². The normalized spacial score (nSPS) is 20.8. The van der Waals surface area contributed by atoms with Crippen LogP contribution in [0.25, 0.3) is 0 Å². The van der Waals surface area contributed by atoms with Crippen LogP contribution in [0.2, 0.25) is 0 Å². The zero-order chi connectivity index (χ0) is 18.1. The maximum Gasteiger partial charge on any atom is 0.329 e.